The van der Waals surface area contributed by atoms with E-state index in [2.05, 4.69) is 60.8 Å². The van der Waals surface area contributed by atoms with Gasteiger partial charge in [-0.05, 0) is 26.2 Å². The number of aromatic nitrogens is 2. The van der Waals surface area contributed by atoms with E-state index in [1.807, 2.05) is 6.20 Å². The van der Waals surface area contributed by atoms with Crippen LogP contribution in [0.2, 0.25) is 0 Å². The smallest absolute Gasteiger partial charge is 0.0756 e. The Morgan fingerprint density at radius 1 is 1.37 bits per heavy atom. The highest BCUT2D eigenvalue weighted by atomic mass is 15.3. The van der Waals surface area contributed by atoms with Gasteiger partial charge in [0, 0.05) is 37.4 Å². The van der Waals surface area contributed by atoms with Crippen LogP contribution in [-0.4, -0.2) is 35.0 Å². The van der Waals surface area contributed by atoms with Crippen molar-refractivity contribution in [2.24, 2.45) is 5.92 Å². The molecule has 108 valence electrons. The summed E-state index contributed by atoms with van der Waals surface area (Å²) in [4.78, 5) is 2.54. The molecule has 0 radical (unpaired) electrons. The van der Waals surface area contributed by atoms with E-state index in [9.17, 15) is 0 Å². The van der Waals surface area contributed by atoms with Crippen LogP contribution in [0.25, 0.3) is 0 Å². The minimum atomic E-state index is 0.427. The third-order valence-corrected chi connectivity index (χ3v) is 4.14. The molecule has 4 heteroatoms. The van der Waals surface area contributed by atoms with Gasteiger partial charge in [-0.2, -0.15) is 5.10 Å². The molecular weight excluding hydrogens is 236 g/mol. The summed E-state index contributed by atoms with van der Waals surface area (Å²) in [5.41, 5.74) is 1.27. The molecule has 19 heavy (non-hydrogen) atoms. The van der Waals surface area contributed by atoms with Gasteiger partial charge in [-0.1, -0.05) is 20.8 Å². The molecule has 0 bridgehead atoms. The molecular formula is C15H28N4. The number of anilines is 1. The monoisotopic (exact) mass is 264 g/mol. The van der Waals surface area contributed by atoms with Crippen LogP contribution in [0.3, 0.4) is 0 Å². The van der Waals surface area contributed by atoms with Crippen LogP contribution in [0.4, 0.5) is 5.69 Å². The fourth-order valence-electron chi connectivity index (χ4n) is 2.76. The second kappa shape index (κ2) is 5.95. The van der Waals surface area contributed by atoms with Crippen LogP contribution in [0.15, 0.2) is 12.4 Å². The van der Waals surface area contributed by atoms with Gasteiger partial charge in [0.15, 0.2) is 0 Å². The Morgan fingerprint density at radius 2 is 2.11 bits per heavy atom. The maximum atomic E-state index is 4.49. The highest BCUT2D eigenvalue weighted by Gasteiger charge is 2.30. The van der Waals surface area contributed by atoms with Gasteiger partial charge in [-0.3, -0.25) is 4.68 Å². The molecule has 1 aromatic heterocycles. The van der Waals surface area contributed by atoms with Crippen LogP contribution < -0.4 is 10.2 Å². The summed E-state index contributed by atoms with van der Waals surface area (Å²) in [6.45, 7) is 13.4. The van der Waals surface area contributed by atoms with Crippen molar-refractivity contribution in [3.8, 4) is 0 Å². The molecule has 0 aliphatic carbocycles. The van der Waals surface area contributed by atoms with E-state index in [1.54, 1.807) is 0 Å². The van der Waals surface area contributed by atoms with Crippen LogP contribution in [0, 0.1) is 5.92 Å². The van der Waals surface area contributed by atoms with Crippen LogP contribution >= 0.6 is 0 Å². The molecule has 2 heterocycles. The molecule has 0 saturated carbocycles. The maximum absolute atomic E-state index is 4.49. The average molecular weight is 264 g/mol. The Bertz CT molecular complexity index is 397. The van der Waals surface area contributed by atoms with Crippen molar-refractivity contribution in [3.63, 3.8) is 0 Å². The number of piperazine rings is 1. The topological polar surface area (TPSA) is 33.1 Å². The molecule has 0 aromatic carbocycles. The van der Waals surface area contributed by atoms with E-state index in [4.69, 9.17) is 0 Å². The van der Waals surface area contributed by atoms with Gasteiger partial charge in [0.05, 0.1) is 11.9 Å². The number of rotatable bonds is 4. The average Bonchev–Trinajstić information content (AvgIpc) is 2.87. The summed E-state index contributed by atoms with van der Waals surface area (Å²) in [5, 5.41) is 8.15. The predicted molar refractivity (Wildman–Crippen MR) is 80.7 cm³/mol. The number of nitrogens with zero attached hydrogens (tertiary/aromatic N) is 3. The molecule has 1 aliphatic rings. The zero-order valence-electron chi connectivity index (χ0n) is 12.9. The zero-order chi connectivity index (χ0) is 14.0. The fourth-order valence-corrected chi connectivity index (χ4v) is 2.76. The van der Waals surface area contributed by atoms with Crippen LogP contribution in [-0.2, 0) is 0 Å². The molecule has 0 amide bonds. The third-order valence-electron chi connectivity index (χ3n) is 4.14. The highest BCUT2D eigenvalue weighted by Crippen LogP contribution is 2.24. The van der Waals surface area contributed by atoms with Crippen molar-refractivity contribution >= 4 is 5.69 Å². The fraction of sp³-hybridized carbons (Fsp3) is 0.800. The van der Waals surface area contributed by atoms with Crippen molar-refractivity contribution in [1.82, 2.24) is 15.1 Å². The lowest BCUT2D eigenvalue weighted by Gasteiger charge is -2.43. The molecule has 2 unspecified atom stereocenters. The normalized spacial score (nSPS) is 24.5. The second-order valence-electron chi connectivity index (χ2n) is 6.25. The summed E-state index contributed by atoms with van der Waals surface area (Å²) in [7, 11) is 0. The van der Waals surface area contributed by atoms with Gasteiger partial charge in [0.1, 0.15) is 0 Å². The lowest BCUT2D eigenvalue weighted by atomic mass is 9.97. The second-order valence-corrected chi connectivity index (χ2v) is 6.25. The Kier molecular flexibility index (Phi) is 4.50. The Morgan fingerprint density at radius 3 is 2.63 bits per heavy atom. The predicted octanol–water partition coefficient (Wildman–Crippen LogP) is 2.68. The highest BCUT2D eigenvalue weighted by molar-refractivity contribution is 5.45. The first-order valence-electron chi connectivity index (χ1n) is 7.57. The van der Waals surface area contributed by atoms with E-state index in [0.29, 0.717) is 24.0 Å². The lowest BCUT2D eigenvalue weighted by Crippen LogP contribution is -2.58. The van der Waals surface area contributed by atoms with E-state index in [-0.39, 0.29) is 0 Å². The maximum Gasteiger partial charge on any atom is 0.0756 e. The molecule has 1 saturated heterocycles. The first-order valence-corrected chi connectivity index (χ1v) is 7.57. The molecule has 1 aromatic rings. The largest absolute Gasteiger partial charge is 0.363 e. The minimum Gasteiger partial charge on any atom is -0.363 e. The van der Waals surface area contributed by atoms with Crippen LogP contribution in [0.1, 0.15) is 47.1 Å². The molecule has 0 spiro atoms. The zero-order valence-corrected chi connectivity index (χ0v) is 12.9. The van der Waals surface area contributed by atoms with E-state index in [0.717, 1.165) is 13.1 Å². The summed E-state index contributed by atoms with van der Waals surface area (Å²) in [5.74, 6) is 0.646. The first-order chi connectivity index (χ1) is 9.02. The quantitative estimate of drug-likeness (QED) is 0.907. The summed E-state index contributed by atoms with van der Waals surface area (Å²) in [6, 6.07) is 1.58. The van der Waals surface area contributed by atoms with Gasteiger partial charge in [-0.25, -0.2) is 0 Å². The van der Waals surface area contributed by atoms with Crippen molar-refractivity contribution in [1.29, 1.82) is 0 Å². The molecule has 1 aliphatic heterocycles. The first kappa shape index (κ1) is 14.4. The van der Waals surface area contributed by atoms with Crippen molar-refractivity contribution in [2.75, 3.05) is 18.0 Å². The Labute approximate surface area is 117 Å². The molecule has 1 fully saturated rings. The Balaban J connectivity index is 2.20. The lowest BCUT2D eigenvalue weighted by molar-refractivity contribution is 0.333. The van der Waals surface area contributed by atoms with E-state index < -0.39 is 0 Å². The van der Waals surface area contributed by atoms with Gasteiger partial charge in [0.25, 0.3) is 0 Å². The van der Waals surface area contributed by atoms with Gasteiger partial charge in [0.2, 0.25) is 0 Å². The molecule has 2 rings (SSSR count). The molecule has 4 nitrogen and oxygen atoms in total. The molecule has 2 atom stereocenters. The van der Waals surface area contributed by atoms with Crippen molar-refractivity contribution in [3.05, 3.63) is 12.4 Å². The van der Waals surface area contributed by atoms with Crippen molar-refractivity contribution < 1.29 is 0 Å². The van der Waals surface area contributed by atoms with Gasteiger partial charge in [-0.15, -0.1) is 0 Å². The number of nitrogens with one attached hydrogen (secondary N) is 1. The van der Waals surface area contributed by atoms with Gasteiger partial charge >= 0.3 is 0 Å². The van der Waals surface area contributed by atoms with E-state index in [1.165, 1.54) is 12.1 Å². The van der Waals surface area contributed by atoms with Crippen molar-refractivity contribution in [2.45, 2.75) is 59.2 Å². The Hall–Kier alpha value is -1.03. The van der Waals surface area contributed by atoms with Crippen LogP contribution in [0.5, 0.6) is 0 Å². The van der Waals surface area contributed by atoms with E-state index >= 15 is 0 Å². The number of hydrogen-bond donors (Lipinski definition) is 1. The number of hydrogen-bond acceptors (Lipinski definition) is 3. The SMILES string of the molecule is CCC1CN(c2cnn(C(C)C)c2)C(C(C)C)CN1. The summed E-state index contributed by atoms with van der Waals surface area (Å²) < 4.78 is 2.05. The summed E-state index contributed by atoms with van der Waals surface area (Å²) in [6.07, 6.45) is 5.39. The third kappa shape index (κ3) is 3.11. The molecule has 1 N–H and O–H groups in total. The van der Waals surface area contributed by atoms with Gasteiger partial charge < -0.3 is 10.2 Å². The standard InChI is InChI=1S/C15H28N4/c1-6-13-9-18(15(8-16-13)11(2)3)14-7-17-19(10-14)12(4)5/h7,10-13,15-16H,6,8-9H2,1-5H3. The minimum absolute atomic E-state index is 0.427. The summed E-state index contributed by atoms with van der Waals surface area (Å²) >= 11 is 0.